The van der Waals surface area contributed by atoms with Crippen molar-refractivity contribution in [1.29, 1.82) is 0 Å². The molecule has 2 aromatic carbocycles. The first-order valence-corrected chi connectivity index (χ1v) is 9.35. The second kappa shape index (κ2) is 5.81. The highest BCUT2D eigenvalue weighted by Crippen LogP contribution is 2.60. The van der Waals surface area contributed by atoms with Crippen LogP contribution in [0.1, 0.15) is 57.4 Å². The fourth-order valence-electron chi connectivity index (χ4n) is 4.10. The maximum atomic E-state index is 13.3. The molecule has 2 atom stereocenters. The minimum Gasteiger partial charge on any atom is -0.457 e. The molecule has 2 heterocycles. The minimum atomic E-state index is -2.19. The van der Waals surface area contributed by atoms with E-state index in [1.807, 2.05) is 19.9 Å². The van der Waals surface area contributed by atoms with Gasteiger partial charge in [0.25, 0.3) is 0 Å². The van der Waals surface area contributed by atoms with E-state index in [1.54, 1.807) is 42.5 Å². The van der Waals surface area contributed by atoms with Crippen LogP contribution >= 0.6 is 0 Å². The summed E-state index contributed by atoms with van der Waals surface area (Å²) in [5.41, 5.74) is -0.393. The molecule has 6 nitrogen and oxygen atoms in total. The summed E-state index contributed by atoms with van der Waals surface area (Å²) in [6.45, 7) is 4.05. The summed E-state index contributed by atoms with van der Waals surface area (Å²) >= 11 is 0. The molecule has 0 spiro atoms. The van der Waals surface area contributed by atoms with Gasteiger partial charge in [0.2, 0.25) is 17.1 Å². The highest BCUT2D eigenvalue weighted by atomic mass is 16.7. The lowest BCUT2D eigenvalue weighted by Crippen LogP contribution is -2.51. The lowest BCUT2D eigenvalue weighted by atomic mass is 9.86. The third kappa shape index (κ3) is 2.15. The van der Waals surface area contributed by atoms with Crippen LogP contribution in [-0.2, 0) is 16.1 Å². The van der Waals surface area contributed by atoms with Gasteiger partial charge in [-0.1, -0.05) is 50.2 Å². The predicted molar refractivity (Wildman–Crippen MR) is 102 cm³/mol. The fourth-order valence-corrected chi connectivity index (χ4v) is 4.10. The van der Waals surface area contributed by atoms with Crippen molar-refractivity contribution in [1.82, 2.24) is 0 Å². The lowest BCUT2D eigenvalue weighted by Gasteiger charge is -2.33. The van der Waals surface area contributed by atoms with Crippen LogP contribution in [0.5, 0.6) is 5.75 Å². The number of benzene rings is 2. The molecule has 1 aliphatic heterocycles. The summed E-state index contributed by atoms with van der Waals surface area (Å²) in [5.74, 6) is -2.97. The van der Waals surface area contributed by atoms with E-state index in [1.165, 1.54) is 12.3 Å². The highest BCUT2D eigenvalue weighted by molar-refractivity contribution is 6.10. The van der Waals surface area contributed by atoms with Gasteiger partial charge in [-0.25, -0.2) is 4.79 Å². The van der Waals surface area contributed by atoms with Gasteiger partial charge in [-0.2, -0.15) is 0 Å². The largest absolute Gasteiger partial charge is 0.457 e. The number of carbonyl (C=O) groups excluding carboxylic acids is 2. The molecule has 146 valence electrons. The van der Waals surface area contributed by atoms with Crippen LogP contribution in [0.15, 0.2) is 65.3 Å². The van der Waals surface area contributed by atoms with Crippen LogP contribution in [0.3, 0.4) is 0 Å². The van der Waals surface area contributed by atoms with E-state index in [0.717, 1.165) is 5.56 Å². The molecule has 0 saturated heterocycles. The van der Waals surface area contributed by atoms with Gasteiger partial charge in [0.15, 0.2) is 0 Å². The van der Waals surface area contributed by atoms with Crippen molar-refractivity contribution in [2.24, 2.45) is 0 Å². The van der Waals surface area contributed by atoms with Gasteiger partial charge >= 0.3 is 11.8 Å². The number of furan rings is 1. The Balaban J connectivity index is 1.72. The Kier molecular flexibility index (Phi) is 3.55. The third-order valence-corrected chi connectivity index (χ3v) is 5.61. The summed E-state index contributed by atoms with van der Waals surface area (Å²) in [4.78, 5) is 26.1. The first kappa shape index (κ1) is 17.7. The Morgan fingerprint density at radius 3 is 2.59 bits per heavy atom. The normalized spacial score (nSPS) is 24.1. The number of ether oxygens (including phenoxy) is 2. The summed E-state index contributed by atoms with van der Waals surface area (Å²) in [6, 6.07) is 14.9. The zero-order chi connectivity index (χ0) is 20.4. The van der Waals surface area contributed by atoms with Crippen LogP contribution < -0.4 is 4.74 Å². The number of hydrogen-bond acceptors (Lipinski definition) is 6. The fraction of sp³-hybridized carbons (Fsp3) is 0.217. The zero-order valence-electron chi connectivity index (χ0n) is 15.8. The highest BCUT2D eigenvalue weighted by Gasteiger charge is 2.73. The Morgan fingerprint density at radius 1 is 1.07 bits per heavy atom. The topological polar surface area (TPSA) is 86.0 Å². The Labute approximate surface area is 166 Å². The molecule has 1 N–H and O–H groups in total. The van der Waals surface area contributed by atoms with E-state index in [9.17, 15) is 14.7 Å². The molecular formula is C23H18O6. The van der Waals surface area contributed by atoms with Crippen LogP contribution in [0, 0.1) is 0 Å². The zero-order valence-corrected chi connectivity index (χ0v) is 15.8. The Hall–Kier alpha value is -3.38. The van der Waals surface area contributed by atoms with E-state index in [-0.39, 0.29) is 22.8 Å². The molecular weight excluding hydrogens is 372 g/mol. The van der Waals surface area contributed by atoms with Gasteiger partial charge in [0.05, 0.1) is 11.8 Å². The van der Waals surface area contributed by atoms with Gasteiger partial charge in [-0.3, -0.25) is 4.79 Å². The average molecular weight is 390 g/mol. The number of fused-ring (bicyclic) bond motifs is 5. The lowest BCUT2D eigenvalue weighted by molar-refractivity contribution is -0.225. The molecule has 5 rings (SSSR count). The van der Waals surface area contributed by atoms with Crippen molar-refractivity contribution in [2.75, 3.05) is 0 Å². The number of aliphatic hydroxyl groups is 1. The quantitative estimate of drug-likeness (QED) is 0.683. The number of rotatable bonds is 3. The molecule has 0 amide bonds. The third-order valence-electron chi connectivity index (χ3n) is 5.61. The molecule has 2 unspecified atom stereocenters. The van der Waals surface area contributed by atoms with Crippen molar-refractivity contribution < 1.29 is 28.6 Å². The smallest absolute Gasteiger partial charge is 0.377 e. The SMILES string of the molecule is CC(C)c1ccc2c(c1)OC1(OC(=O)c3ccco3)c3ccccc3C(=O)C21O. The molecule has 0 fully saturated rings. The molecule has 29 heavy (non-hydrogen) atoms. The van der Waals surface area contributed by atoms with Gasteiger partial charge < -0.3 is 19.0 Å². The van der Waals surface area contributed by atoms with Crippen molar-refractivity contribution in [3.63, 3.8) is 0 Å². The van der Waals surface area contributed by atoms with E-state index >= 15 is 0 Å². The van der Waals surface area contributed by atoms with E-state index in [4.69, 9.17) is 13.9 Å². The standard InChI is InChI=1S/C23H18O6/c1-13(2)14-9-10-17-19(12-14)28-23(29-21(25)18-8-5-11-27-18)16-7-4-3-6-15(16)20(24)22(17,23)26/h3-13,26H,1-2H3. The van der Waals surface area contributed by atoms with Crippen molar-refractivity contribution >= 4 is 11.8 Å². The van der Waals surface area contributed by atoms with Gasteiger partial charge in [-0.15, -0.1) is 0 Å². The summed E-state index contributed by atoms with van der Waals surface area (Å²) < 4.78 is 17.0. The number of hydrogen-bond donors (Lipinski definition) is 1. The van der Waals surface area contributed by atoms with E-state index < -0.39 is 23.1 Å². The Bertz CT molecular complexity index is 1150. The molecule has 1 aromatic heterocycles. The molecule has 0 saturated carbocycles. The number of esters is 1. The summed E-state index contributed by atoms with van der Waals surface area (Å²) in [5, 5.41) is 11.7. The second-order valence-electron chi connectivity index (χ2n) is 7.58. The van der Waals surface area contributed by atoms with Crippen molar-refractivity contribution in [3.8, 4) is 5.75 Å². The number of carbonyl (C=O) groups is 2. The van der Waals surface area contributed by atoms with Crippen LogP contribution in [0.2, 0.25) is 0 Å². The molecule has 0 bridgehead atoms. The number of ketones is 1. The maximum absolute atomic E-state index is 13.3. The molecule has 3 aromatic rings. The molecule has 0 radical (unpaired) electrons. The second-order valence-corrected chi connectivity index (χ2v) is 7.58. The molecule has 2 aliphatic rings. The summed E-state index contributed by atoms with van der Waals surface area (Å²) in [7, 11) is 0. The van der Waals surface area contributed by atoms with Crippen LogP contribution in [0.4, 0.5) is 0 Å². The van der Waals surface area contributed by atoms with Gasteiger partial charge in [0, 0.05) is 11.1 Å². The maximum Gasteiger partial charge on any atom is 0.377 e. The predicted octanol–water partition coefficient (Wildman–Crippen LogP) is 3.89. The molecule has 1 aliphatic carbocycles. The van der Waals surface area contributed by atoms with Crippen LogP contribution in [-0.4, -0.2) is 16.9 Å². The van der Waals surface area contributed by atoms with Crippen molar-refractivity contribution in [2.45, 2.75) is 31.2 Å². The molecule has 6 heteroatoms. The first-order valence-electron chi connectivity index (χ1n) is 9.35. The number of Topliss-reactive ketones (excluding diaryl/α,β-unsaturated/α-hetero) is 1. The van der Waals surface area contributed by atoms with E-state index in [0.29, 0.717) is 11.3 Å². The van der Waals surface area contributed by atoms with Gasteiger partial charge in [-0.05, 0) is 29.7 Å². The van der Waals surface area contributed by atoms with Gasteiger partial charge in [0.1, 0.15) is 5.75 Å². The first-order chi connectivity index (χ1) is 13.9. The summed E-state index contributed by atoms with van der Waals surface area (Å²) in [6.07, 6.45) is 1.34. The average Bonchev–Trinajstić information content (AvgIpc) is 3.37. The van der Waals surface area contributed by atoms with Crippen molar-refractivity contribution in [3.05, 3.63) is 88.9 Å². The Morgan fingerprint density at radius 2 is 1.86 bits per heavy atom. The monoisotopic (exact) mass is 390 g/mol. The minimum absolute atomic E-state index is 0.0546. The van der Waals surface area contributed by atoms with Crippen LogP contribution in [0.25, 0.3) is 0 Å². The van der Waals surface area contributed by atoms with E-state index in [2.05, 4.69) is 0 Å².